The van der Waals surface area contributed by atoms with E-state index in [1.165, 1.54) is 4.90 Å². The van der Waals surface area contributed by atoms with Gasteiger partial charge in [-0.15, -0.1) is 0 Å². The Morgan fingerprint density at radius 2 is 2.41 bits per heavy atom. The number of anilines is 1. The standard InChI is InChI=1S/C11H13BrFN3O/c1-16(10-4-2-3-9(12)15-10)11(17)8-5-7(13)6-14-8/h2-4,7-8,14H,5-6H2,1H3. The third-order valence-electron chi connectivity index (χ3n) is 2.75. The van der Waals surface area contributed by atoms with Crippen LogP contribution in [0.5, 0.6) is 0 Å². The maximum absolute atomic E-state index is 13.0. The van der Waals surface area contributed by atoms with E-state index in [0.717, 1.165) is 0 Å². The van der Waals surface area contributed by atoms with E-state index in [9.17, 15) is 9.18 Å². The highest BCUT2D eigenvalue weighted by atomic mass is 79.9. The van der Waals surface area contributed by atoms with Gasteiger partial charge in [0.1, 0.15) is 16.6 Å². The van der Waals surface area contributed by atoms with E-state index in [0.29, 0.717) is 10.4 Å². The molecule has 0 aliphatic carbocycles. The Morgan fingerprint density at radius 1 is 1.65 bits per heavy atom. The third kappa shape index (κ3) is 2.81. The largest absolute Gasteiger partial charge is 0.303 e. The van der Waals surface area contributed by atoms with Crippen LogP contribution in [0, 0.1) is 0 Å². The zero-order valence-corrected chi connectivity index (χ0v) is 10.9. The van der Waals surface area contributed by atoms with E-state index in [-0.39, 0.29) is 18.9 Å². The van der Waals surface area contributed by atoms with Crippen molar-refractivity contribution < 1.29 is 9.18 Å². The van der Waals surface area contributed by atoms with Crippen molar-refractivity contribution in [3.05, 3.63) is 22.8 Å². The number of rotatable bonds is 2. The molecule has 1 N–H and O–H groups in total. The molecule has 0 bridgehead atoms. The van der Waals surface area contributed by atoms with Gasteiger partial charge in [0.25, 0.3) is 0 Å². The number of aromatic nitrogens is 1. The SMILES string of the molecule is CN(C(=O)C1CC(F)CN1)c1cccc(Br)n1. The van der Waals surface area contributed by atoms with Gasteiger partial charge >= 0.3 is 0 Å². The van der Waals surface area contributed by atoms with Crippen molar-refractivity contribution in [2.45, 2.75) is 18.6 Å². The molecule has 1 aromatic rings. The van der Waals surface area contributed by atoms with E-state index < -0.39 is 12.2 Å². The Balaban J connectivity index is 2.09. The Bertz CT molecular complexity index is 429. The van der Waals surface area contributed by atoms with Crippen LogP contribution in [0.2, 0.25) is 0 Å². The first-order valence-corrected chi connectivity index (χ1v) is 6.15. The van der Waals surface area contributed by atoms with Gasteiger partial charge in [0.05, 0.1) is 6.04 Å². The fraction of sp³-hybridized carbons (Fsp3) is 0.455. The molecule has 0 saturated carbocycles. The summed E-state index contributed by atoms with van der Waals surface area (Å²) in [5, 5.41) is 2.87. The van der Waals surface area contributed by atoms with Crippen molar-refractivity contribution in [1.29, 1.82) is 0 Å². The summed E-state index contributed by atoms with van der Waals surface area (Å²) >= 11 is 3.25. The minimum atomic E-state index is -0.937. The highest BCUT2D eigenvalue weighted by Gasteiger charge is 2.31. The van der Waals surface area contributed by atoms with Crippen molar-refractivity contribution in [3.8, 4) is 0 Å². The van der Waals surface area contributed by atoms with Crippen molar-refractivity contribution in [1.82, 2.24) is 10.3 Å². The summed E-state index contributed by atoms with van der Waals surface area (Å²) in [5.41, 5.74) is 0. The van der Waals surface area contributed by atoms with E-state index in [2.05, 4.69) is 26.2 Å². The molecule has 1 aromatic heterocycles. The topological polar surface area (TPSA) is 45.2 Å². The van der Waals surface area contributed by atoms with Crippen molar-refractivity contribution in [3.63, 3.8) is 0 Å². The lowest BCUT2D eigenvalue weighted by molar-refractivity contribution is -0.120. The zero-order valence-electron chi connectivity index (χ0n) is 9.36. The highest BCUT2D eigenvalue weighted by molar-refractivity contribution is 9.10. The summed E-state index contributed by atoms with van der Waals surface area (Å²) in [4.78, 5) is 17.7. The molecular weight excluding hydrogens is 289 g/mol. The summed E-state index contributed by atoms with van der Waals surface area (Å²) in [6.07, 6.45) is -0.704. The van der Waals surface area contributed by atoms with Crippen LogP contribution in [-0.4, -0.2) is 36.7 Å². The van der Waals surface area contributed by atoms with Crippen LogP contribution in [0.25, 0.3) is 0 Å². The van der Waals surface area contributed by atoms with Gasteiger partial charge in [-0.2, -0.15) is 0 Å². The van der Waals surface area contributed by atoms with Gasteiger partial charge < -0.3 is 5.32 Å². The number of hydrogen-bond acceptors (Lipinski definition) is 3. The van der Waals surface area contributed by atoms with Crippen LogP contribution in [0.3, 0.4) is 0 Å². The van der Waals surface area contributed by atoms with Gasteiger partial charge in [0.15, 0.2) is 0 Å². The van der Waals surface area contributed by atoms with Crippen LogP contribution < -0.4 is 10.2 Å². The Hall–Kier alpha value is -1.01. The average molecular weight is 302 g/mol. The van der Waals surface area contributed by atoms with Crippen LogP contribution in [0.15, 0.2) is 22.8 Å². The highest BCUT2D eigenvalue weighted by Crippen LogP contribution is 2.17. The first kappa shape index (κ1) is 12.4. The van der Waals surface area contributed by atoms with E-state index in [1.54, 1.807) is 25.2 Å². The molecule has 1 amide bonds. The number of alkyl halides is 1. The number of halogens is 2. The van der Waals surface area contributed by atoms with Crippen LogP contribution >= 0.6 is 15.9 Å². The maximum atomic E-state index is 13.0. The lowest BCUT2D eigenvalue weighted by Gasteiger charge is -2.20. The molecule has 1 aliphatic rings. The zero-order chi connectivity index (χ0) is 12.4. The molecule has 2 unspecified atom stereocenters. The first-order chi connectivity index (χ1) is 8.08. The molecule has 2 rings (SSSR count). The number of carbonyl (C=O) groups excluding carboxylic acids is 1. The normalized spacial score (nSPS) is 23.7. The number of hydrogen-bond donors (Lipinski definition) is 1. The van der Waals surface area contributed by atoms with E-state index in [4.69, 9.17) is 0 Å². The summed E-state index contributed by atoms with van der Waals surface area (Å²) in [6, 6.07) is 4.88. The molecule has 92 valence electrons. The second-order valence-electron chi connectivity index (χ2n) is 4.01. The Morgan fingerprint density at radius 3 is 3.00 bits per heavy atom. The van der Waals surface area contributed by atoms with Crippen LogP contribution in [0.1, 0.15) is 6.42 Å². The number of amides is 1. The number of nitrogens with zero attached hydrogens (tertiary/aromatic N) is 2. The van der Waals surface area contributed by atoms with Gasteiger partial charge in [-0.05, 0) is 28.1 Å². The molecule has 2 heterocycles. The smallest absolute Gasteiger partial charge is 0.245 e. The predicted octanol–water partition coefficient (Wildman–Crippen LogP) is 1.51. The van der Waals surface area contributed by atoms with Crippen molar-refractivity contribution in [2.24, 2.45) is 0 Å². The molecule has 1 fully saturated rings. The summed E-state index contributed by atoms with van der Waals surface area (Å²) in [5.74, 6) is 0.393. The predicted molar refractivity (Wildman–Crippen MR) is 66.7 cm³/mol. The third-order valence-corrected chi connectivity index (χ3v) is 3.19. The van der Waals surface area contributed by atoms with Gasteiger partial charge in [0.2, 0.25) is 5.91 Å². The Kier molecular flexibility index (Phi) is 3.73. The summed E-state index contributed by atoms with van der Waals surface area (Å²) in [6.45, 7) is 0.246. The molecule has 1 aliphatic heterocycles. The second-order valence-corrected chi connectivity index (χ2v) is 4.82. The lowest BCUT2D eigenvalue weighted by atomic mass is 10.2. The molecule has 0 radical (unpaired) electrons. The molecule has 17 heavy (non-hydrogen) atoms. The van der Waals surface area contributed by atoms with Gasteiger partial charge in [0, 0.05) is 20.0 Å². The summed E-state index contributed by atoms with van der Waals surface area (Å²) < 4.78 is 13.7. The quantitative estimate of drug-likeness (QED) is 0.842. The van der Waals surface area contributed by atoms with Crippen LogP contribution in [0.4, 0.5) is 10.2 Å². The Labute approximate surface area is 107 Å². The van der Waals surface area contributed by atoms with Gasteiger partial charge in [-0.25, -0.2) is 9.37 Å². The lowest BCUT2D eigenvalue weighted by Crippen LogP contribution is -2.42. The number of nitrogens with one attached hydrogen (secondary N) is 1. The summed E-state index contributed by atoms with van der Waals surface area (Å²) in [7, 11) is 1.64. The van der Waals surface area contributed by atoms with Gasteiger partial charge in [-0.1, -0.05) is 6.07 Å². The minimum absolute atomic E-state index is 0.157. The number of pyridine rings is 1. The number of carbonyl (C=O) groups is 1. The molecule has 0 spiro atoms. The average Bonchev–Trinajstić information content (AvgIpc) is 2.74. The second kappa shape index (κ2) is 5.10. The number of likely N-dealkylation sites (N-methyl/N-ethyl adjacent to an activating group) is 1. The minimum Gasteiger partial charge on any atom is -0.303 e. The maximum Gasteiger partial charge on any atom is 0.245 e. The molecule has 2 atom stereocenters. The fourth-order valence-electron chi connectivity index (χ4n) is 1.81. The molecular formula is C11H13BrFN3O. The van der Waals surface area contributed by atoms with Crippen LogP contribution in [-0.2, 0) is 4.79 Å². The monoisotopic (exact) mass is 301 g/mol. The molecule has 6 heteroatoms. The van der Waals surface area contributed by atoms with E-state index >= 15 is 0 Å². The molecule has 4 nitrogen and oxygen atoms in total. The fourth-order valence-corrected chi connectivity index (χ4v) is 2.15. The van der Waals surface area contributed by atoms with Crippen molar-refractivity contribution >= 4 is 27.7 Å². The van der Waals surface area contributed by atoms with Crippen molar-refractivity contribution in [2.75, 3.05) is 18.5 Å². The molecule has 1 saturated heterocycles. The van der Waals surface area contributed by atoms with Gasteiger partial charge in [-0.3, -0.25) is 9.69 Å². The first-order valence-electron chi connectivity index (χ1n) is 5.35. The van der Waals surface area contributed by atoms with E-state index in [1.807, 2.05) is 0 Å². The molecule has 0 aromatic carbocycles.